The third kappa shape index (κ3) is 3.69. The standard InChI is InChI=1S/C15H30N2/c1-15(2,3)17-12-8-9-14(13-17)16-10-6-4-5-7-11-16/h14H,4-13H2,1-3H3. The van der Waals surface area contributed by atoms with Crippen LogP contribution in [0.4, 0.5) is 0 Å². The van der Waals surface area contributed by atoms with Gasteiger partial charge in [0.05, 0.1) is 0 Å². The van der Waals surface area contributed by atoms with Gasteiger partial charge in [0.1, 0.15) is 0 Å². The highest BCUT2D eigenvalue weighted by Crippen LogP contribution is 2.24. The molecule has 2 saturated heterocycles. The van der Waals surface area contributed by atoms with Crippen LogP contribution < -0.4 is 0 Å². The van der Waals surface area contributed by atoms with Gasteiger partial charge in [-0.05, 0) is 66.1 Å². The summed E-state index contributed by atoms with van der Waals surface area (Å²) in [4.78, 5) is 5.47. The first-order valence-electron chi connectivity index (χ1n) is 7.56. The lowest BCUT2D eigenvalue weighted by molar-refractivity contribution is 0.0447. The first kappa shape index (κ1) is 13.4. The van der Waals surface area contributed by atoms with Crippen LogP contribution >= 0.6 is 0 Å². The smallest absolute Gasteiger partial charge is 0.0223 e. The molecule has 0 aromatic rings. The molecular weight excluding hydrogens is 208 g/mol. The Bertz CT molecular complexity index is 224. The van der Waals surface area contributed by atoms with E-state index in [2.05, 4.69) is 30.6 Å². The lowest BCUT2D eigenvalue weighted by Gasteiger charge is -2.45. The van der Waals surface area contributed by atoms with E-state index >= 15 is 0 Å². The second-order valence-corrected chi connectivity index (χ2v) is 6.86. The van der Waals surface area contributed by atoms with Crippen molar-refractivity contribution in [1.29, 1.82) is 0 Å². The highest BCUT2D eigenvalue weighted by Gasteiger charge is 2.30. The van der Waals surface area contributed by atoms with Crippen LogP contribution in [-0.4, -0.2) is 47.6 Å². The highest BCUT2D eigenvalue weighted by molar-refractivity contribution is 4.87. The average molecular weight is 238 g/mol. The van der Waals surface area contributed by atoms with E-state index in [1.54, 1.807) is 0 Å². The lowest BCUT2D eigenvalue weighted by atomic mass is 9.97. The summed E-state index contributed by atoms with van der Waals surface area (Å²) in [6.45, 7) is 12.4. The Morgan fingerprint density at radius 2 is 1.47 bits per heavy atom. The molecule has 2 rings (SSSR count). The Morgan fingerprint density at radius 3 is 2.06 bits per heavy atom. The minimum absolute atomic E-state index is 0.352. The van der Waals surface area contributed by atoms with Gasteiger partial charge < -0.3 is 0 Å². The molecule has 0 aromatic heterocycles. The number of rotatable bonds is 1. The Balaban J connectivity index is 1.91. The van der Waals surface area contributed by atoms with Crippen LogP contribution in [0, 0.1) is 0 Å². The number of piperidine rings is 1. The van der Waals surface area contributed by atoms with Crippen LogP contribution in [0.5, 0.6) is 0 Å². The number of likely N-dealkylation sites (tertiary alicyclic amines) is 2. The zero-order valence-electron chi connectivity index (χ0n) is 12.0. The molecule has 0 N–H and O–H groups in total. The molecule has 2 heteroatoms. The molecule has 0 amide bonds. The largest absolute Gasteiger partial charge is 0.299 e. The summed E-state index contributed by atoms with van der Waals surface area (Å²) in [5, 5.41) is 0. The molecule has 1 atom stereocenters. The van der Waals surface area contributed by atoms with Gasteiger partial charge in [0.2, 0.25) is 0 Å². The van der Waals surface area contributed by atoms with Crippen LogP contribution in [-0.2, 0) is 0 Å². The van der Waals surface area contributed by atoms with Gasteiger partial charge in [0.25, 0.3) is 0 Å². The maximum atomic E-state index is 2.78. The van der Waals surface area contributed by atoms with Crippen molar-refractivity contribution in [3.8, 4) is 0 Å². The Labute approximate surface area is 107 Å². The van der Waals surface area contributed by atoms with Gasteiger partial charge in [-0.15, -0.1) is 0 Å². The second-order valence-electron chi connectivity index (χ2n) is 6.86. The Morgan fingerprint density at radius 1 is 0.824 bits per heavy atom. The number of hydrogen-bond acceptors (Lipinski definition) is 2. The molecule has 0 aliphatic carbocycles. The minimum Gasteiger partial charge on any atom is -0.299 e. The van der Waals surface area contributed by atoms with E-state index in [1.165, 1.54) is 64.7 Å². The van der Waals surface area contributed by atoms with Gasteiger partial charge >= 0.3 is 0 Å². The molecular formula is C15H30N2. The topological polar surface area (TPSA) is 6.48 Å². The summed E-state index contributed by atoms with van der Waals surface area (Å²) < 4.78 is 0. The van der Waals surface area contributed by atoms with Gasteiger partial charge in [-0.2, -0.15) is 0 Å². The summed E-state index contributed by atoms with van der Waals surface area (Å²) in [6.07, 6.45) is 8.56. The molecule has 1 unspecified atom stereocenters. The monoisotopic (exact) mass is 238 g/mol. The van der Waals surface area contributed by atoms with Crippen LogP contribution in [0.2, 0.25) is 0 Å². The van der Waals surface area contributed by atoms with Gasteiger partial charge in [-0.1, -0.05) is 12.8 Å². The third-order valence-electron chi connectivity index (χ3n) is 4.50. The molecule has 0 aromatic carbocycles. The number of nitrogens with zero attached hydrogens (tertiary/aromatic N) is 2. The van der Waals surface area contributed by atoms with E-state index in [0.717, 1.165) is 6.04 Å². The summed E-state index contributed by atoms with van der Waals surface area (Å²) in [7, 11) is 0. The van der Waals surface area contributed by atoms with Crippen LogP contribution in [0.1, 0.15) is 59.3 Å². The first-order valence-corrected chi connectivity index (χ1v) is 7.56. The predicted octanol–water partition coefficient (Wildman–Crippen LogP) is 3.13. The summed E-state index contributed by atoms with van der Waals surface area (Å²) in [6, 6.07) is 0.834. The average Bonchev–Trinajstić information content (AvgIpc) is 2.56. The maximum Gasteiger partial charge on any atom is 0.0223 e. The molecule has 0 radical (unpaired) electrons. The van der Waals surface area contributed by atoms with Crippen molar-refractivity contribution in [1.82, 2.24) is 9.80 Å². The lowest BCUT2D eigenvalue weighted by Crippen LogP contribution is -2.53. The fourth-order valence-corrected chi connectivity index (χ4v) is 3.32. The summed E-state index contributed by atoms with van der Waals surface area (Å²) in [5.41, 5.74) is 0.352. The van der Waals surface area contributed by atoms with Crippen LogP contribution in [0.15, 0.2) is 0 Å². The molecule has 17 heavy (non-hydrogen) atoms. The van der Waals surface area contributed by atoms with E-state index in [1.807, 2.05) is 0 Å². The minimum atomic E-state index is 0.352. The Kier molecular flexibility index (Phi) is 4.48. The van der Waals surface area contributed by atoms with Crippen molar-refractivity contribution in [2.75, 3.05) is 26.2 Å². The van der Waals surface area contributed by atoms with E-state index in [4.69, 9.17) is 0 Å². The van der Waals surface area contributed by atoms with Crippen molar-refractivity contribution >= 4 is 0 Å². The van der Waals surface area contributed by atoms with Gasteiger partial charge in [-0.3, -0.25) is 9.80 Å². The van der Waals surface area contributed by atoms with Crippen molar-refractivity contribution in [3.05, 3.63) is 0 Å². The molecule has 100 valence electrons. The van der Waals surface area contributed by atoms with Crippen molar-refractivity contribution < 1.29 is 0 Å². The van der Waals surface area contributed by atoms with Crippen molar-refractivity contribution in [2.45, 2.75) is 70.9 Å². The van der Waals surface area contributed by atoms with Crippen LogP contribution in [0.3, 0.4) is 0 Å². The van der Waals surface area contributed by atoms with Crippen molar-refractivity contribution in [2.24, 2.45) is 0 Å². The number of hydrogen-bond donors (Lipinski definition) is 0. The molecule has 2 aliphatic rings. The van der Waals surface area contributed by atoms with Gasteiger partial charge in [0, 0.05) is 18.1 Å². The van der Waals surface area contributed by atoms with Crippen LogP contribution in [0.25, 0.3) is 0 Å². The normalized spacial score (nSPS) is 30.2. The molecule has 0 spiro atoms. The summed E-state index contributed by atoms with van der Waals surface area (Å²) >= 11 is 0. The molecule has 0 saturated carbocycles. The van der Waals surface area contributed by atoms with Crippen molar-refractivity contribution in [3.63, 3.8) is 0 Å². The fraction of sp³-hybridized carbons (Fsp3) is 1.00. The molecule has 2 nitrogen and oxygen atoms in total. The SMILES string of the molecule is CC(C)(C)N1CCCC(N2CCCCCC2)C1. The molecule has 0 bridgehead atoms. The molecule has 2 aliphatic heterocycles. The zero-order valence-corrected chi connectivity index (χ0v) is 12.0. The Hall–Kier alpha value is -0.0800. The highest BCUT2D eigenvalue weighted by atomic mass is 15.3. The maximum absolute atomic E-state index is 2.78. The quantitative estimate of drug-likeness (QED) is 0.692. The van der Waals surface area contributed by atoms with Gasteiger partial charge in [-0.25, -0.2) is 0 Å². The van der Waals surface area contributed by atoms with E-state index in [9.17, 15) is 0 Å². The van der Waals surface area contributed by atoms with E-state index in [0.29, 0.717) is 5.54 Å². The van der Waals surface area contributed by atoms with E-state index in [-0.39, 0.29) is 0 Å². The predicted molar refractivity (Wildman–Crippen MR) is 74.4 cm³/mol. The zero-order chi connectivity index (χ0) is 12.3. The summed E-state index contributed by atoms with van der Waals surface area (Å²) in [5.74, 6) is 0. The third-order valence-corrected chi connectivity index (χ3v) is 4.50. The molecule has 2 fully saturated rings. The first-order chi connectivity index (χ1) is 8.07. The van der Waals surface area contributed by atoms with Gasteiger partial charge in [0.15, 0.2) is 0 Å². The molecule has 2 heterocycles. The second kappa shape index (κ2) is 5.71. The fourth-order valence-electron chi connectivity index (χ4n) is 3.32. The van der Waals surface area contributed by atoms with E-state index < -0.39 is 0 Å².